The van der Waals surface area contributed by atoms with Crippen LogP contribution in [0.15, 0.2) is 65.7 Å². The van der Waals surface area contributed by atoms with Crippen molar-refractivity contribution in [2.45, 2.75) is 6.42 Å². The topological polar surface area (TPSA) is 59.0 Å². The number of benzene rings is 2. The quantitative estimate of drug-likeness (QED) is 0.720. The van der Waals surface area contributed by atoms with Crippen molar-refractivity contribution in [2.75, 3.05) is 26.3 Å². The Balaban J connectivity index is 1.82. The number of amides is 2. The fourth-order valence-electron chi connectivity index (χ4n) is 2.82. The van der Waals surface area contributed by atoms with Crippen LogP contribution in [0.2, 0.25) is 5.02 Å². The number of allylic oxidation sites excluding steroid dienone is 1. The summed E-state index contributed by atoms with van der Waals surface area (Å²) in [6, 6.07) is 16.4. The number of ether oxygens (including phenoxy) is 1. The molecule has 1 aliphatic rings. The van der Waals surface area contributed by atoms with Gasteiger partial charge in [0.05, 0.1) is 23.8 Å². The first kappa shape index (κ1) is 20.0. The van der Waals surface area contributed by atoms with Gasteiger partial charge >= 0.3 is 0 Å². The van der Waals surface area contributed by atoms with Crippen LogP contribution < -0.4 is 0 Å². The number of nitrogens with zero attached hydrogens (tertiary/aromatic N) is 2. The van der Waals surface area contributed by atoms with Gasteiger partial charge in [-0.3, -0.25) is 9.59 Å². The van der Waals surface area contributed by atoms with Crippen molar-refractivity contribution in [1.82, 2.24) is 4.90 Å². The predicted octanol–water partition coefficient (Wildman–Crippen LogP) is 3.88. The second-order valence-electron chi connectivity index (χ2n) is 6.27. The molecule has 1 fully saturated rings. The van der Waals surface area contributed by atoms with Crippen LogP contribution in [0.1, 0.15) is 22.3 Å². The second kappa shape index (κ2) is 9.97. The van der Waals surface area contributed by atoms with Gasteiger partial charge in [-0.2, -0.15) is 0 Å². The van der Waals surface area contributed by atoms with E-state index in [1.54, 1.807) is 29.2 Å². The third kappa shape index (κ3) is 5.38. The lowest BCUT2D eigenvalue weighted by Crippen LogP contribution is -2.44. The maximum Gasteiger partial charge on any atom is 0.278 e. The zero-order chi connectivity index (χ0) is 19.8. The van der Waals surface area contributed by atoms with E-state index in [0.29, 0.717) is 31.3 Å². The molecule has 6 heteroatoms. The molecule has 1 saturated heterocycles. The summed E-state index contributed by atoms with van der Waals surface area (Å²) < 4.78 is 5.30. The van der Waals surface area contributed by atoms with Gasteiger partial charge in [-0.1, -0.05) is 66.2 Å². The van der Waals surface area contributed by atoms with Crippen LogP contribution in [-0.2, 0) is 9.53 Å². The van der Waals surface area contributed by atoms with Crippen molar-refractivity contribution < 1.29 is 14.3 Å². The summed E-state index contributed by atoms with van der Waals surface area (Å²) in [5.41, 5.74) is 1.49. The monoisotopic (exact) mass is 396 g/mol. The number of morpholine rings is 1. The molecule has 0 saturated carbocycles. The third-order valence-corrected chi connectivity index (χ3v) is 4.64. The number of carbonyl (C=O) groups excluding carboxylic acids is 2. The van der Waals surface area contributed by atoms with E-state index >= 15 is 0 Å². The van der Waals surface area contributed by atoms with Crippen LogP contribution in [0, 0.1) is 0 Å². The maximum atomic E-state index is 12.9. The van der Waals surface area contributed by atoms with Crippen LogP contribution in [0.3, 0.4) is 0 Å². The van der Waals surface area contributed by atoms with Crippen molar-refractivity contribution in [1.29, 1.82) is 0 Å². The van der Waals surface area contributed by atoms with Crippen LogP contribution in [0.4, 0.5) is 0 Å². The molecule has 0 spiro atoms. The molecule has 5 nitrogen and oxygen atoms in total. The van der Waals surface area contributed by atoms with E-state index in [-0.39, 0.29) is 23.6 Å². The van der Waals surface area contributed by atoms with E-state index in [1.165, 1.54) is 0 Å². The van der Waals surface area contributed by atoms with Crippen LogP contribution in [0.25, 0.3) is 6.08 Å². The molecular formula is C22H21ClN2O3. The Morgan fingerprint density at radius 2 is 1.71 bits per heavy atom. The van der Waals surface area contributed by atoms with Crippen molar-refractivity contribution in [3.05, 3.63) is 76.8 Å². The summed E-state index contributed by atoms with van der Waals surface area (Å²) in [6.45, 7) is 1.94. The normalized spacial score (nSPS) is 15.0. The van der Waals surface area contributed by atoms with Crippen molar-refractivity contribution in [3.8, 4) is 0 Å². The van der Waals surface area contributed by atoms with Crippen molar-refractivity contribution in [3.63, 3.8) is 0 Å². The number of hydrogen-bond acceptors (Lipinski definition) is 3. The zero-order valence-corrected chi connectivity index (χ0v) is 16.1. The molecule has 2 aromatic carbocycles. The van der Waals surface area contributed by atoms with E-state index < -0.39 is 5.91 Å². The van der Waals surface area contributed by atoms with Gasteiger partial charge in [0.2, 0.25) is 0 Å². The van der Waals surface area contributed by atoms with Crippen molar-refractivity contribution >= 4 is 35.2 Å². The van der Waals surface area contributed by atoms with Gasteiger partial charge in [0, 0.05) is 19.5 Å². The fraction of sp³-hybridized carbons (Fsp3) is 0.227. The van der Waals surface area contributed by atoms with Gasteiger partial charge in [0.1, 0.15) is 5.71 Å². The van der Waals surface area contributed by atoms with Crippen LogP contribution in [0.5, 0.6) is 0 Å². The summed E-state index contributed by atoms with van der Waals surface area (Å²) in [5.74, 6) is -0.767. The van der Waals surface area contributed by atoms with Crippen LogP contribution >= 0.6 is 11.6 Å². The minimum Gasteiger partial charge on any atom is -0.378 e. The molecule has 2 amide bonds. The lowest BCUT2D eigenvalue weighted by atomic mass is 10.1. The van der Waals surface area contributed by atoms with E-state index in [1.807, 2.05) is 42.5 Å². The molecular weight excluding hydrogens is 376 g/mol. The average molecular weight is 397 g/mol. The Kier molecular flexibility index (Phi) is 7.12. The summed E-state index contributed by atoms with van der Waals surface area (Å²) in [4.78, 5) is 31.3. The van der Waals surface area contributed by atoms with Gasteiger partial charge in [-0.05, 0) is 17.7 Å². The molecule has 3 rings (SSSR count). The van der Waals surface area contributed by atoms with E-state index in [9.17, 15) is 9.59 Å². The molecule has 144 valence electrons. The lowest BCUT2D eigenvalue weighted by molar-refractivity contribution is -0.128. The highest BCUT2D eigenvalue weighted by Gasteiger charge is 2.22. The maximum absolute atomic E-state index is 12.9. The van der Waals surface area contributed by atoms with Crippen LogP contribution in [-0.4, -0.2) is 48.7 Å². The van der Waals surface area contributed by atoms with Gasteiger partial charge < -0.3 is 9.64 Å². The van der Waals surface area contributed by atoms with Gasteiger partial charge in [-0.15, -0.1) is 0 Å². The predicted molar refractivity (Wildman–Crippen MR) is 111 cm³/mol. The molecule has 1 heterocycles. The molecule has 0 aromatic heterocycles. The molecule has 2 aromatic rings. The number of aliphatic imine (C=N–C) groups is 1. The highest BCUT2D eigenvalue weighted by Crippen LogP contribution is 2.16. The van der Waals surface area contributed by atoms with E-state index in [2.05, 4.69) is 4.99 Å². The second-order valence-corrected chi connectivity index (χ2v) is 6.67. The van der Waals surface area contributed by atoms with Gasteiger partial charge in [0.15, 0.2) is 0 Å². The minimum atomic E-state index is -0.518. The molecule has 1 aliphatic heterocycles. The van der Waals surface area contributed by atoms with E-state index in [4.69, 9.17) is 16.3 Å². The summed E-state index contributed by atoms with van der Waals surface area (Å²) in [7, 11) is 0. The first-order valence-corrected chi connectivity index (χ1v) is 9.48. The van der Waals surface area contributed by atoms with Crippen molar-refractivity contribution in [2.24, 2.45) is 4.99 Å². The summed E-state index contributed by atoms with van der Waals surface area (Å²) >= 11 is 6.10. The molecule has 0 bridgehead atoms. The smallest absolute Gasteiger partial charge is 0.278 e. The molecule has 0 atom stereocenters. The number of rotatable bonds is 5. The highest BCUT2D eigenvalue weighted by molar-refractivity contribution is 6.41. The zero-order valence-electron chi connectivity index (χ0n) is 15.4. The Bertz CT molecular complexity index is 888. The minimum absolute atomic E-state index is 0.194. The third-order valence-electron chi connectivity index (χ3n) is 4.31. The van der Waals surface area contributed by atoms with Gasteiger partial charge in [-0.25, -0.2) is 4.99 Å². The highest BCUT2D eigenvalue weighted by atomic mass is 35.5. The average Bonchev–Trinajstić information content (AvgIpc) is 2.74. The van der Waals surface area contributed by atoms with Gasteiger partial charge in [0.25, 0.3) is 11.8 Å². The first-order valence-electron chi connectivity index (χ1n) is 9.10. The Morgan fingerprint density at radius 3 is 2.43 bits per heavy atom. The first-order chi connectivity index (χ1) is 13.6. The summed E-state index contributed by atoms with van der Waals surface area (Å²) in [6.07, 6.45) is 4.00. The molecule has 0 N–H and O–H groups in total. The largest absolute Gasteiger partial charge is 0.378 e. The molecule has 0 radical (unpaired) electrons. The Hall–Kier alpha value is -2.76. The number of hydrogen-bond donors (Lipinski definition) is 0. The Labute approximate surface area is 169 Å². The standard InChI is InChI=1S/C22H21ClN2O3/c23-19-11-5-4-10-18(19)21(26)24-20(22(27)25-13-15-28-16-14-25)12-6-9-17-7-2-1-3-8-17/h1-11H,12-16H2/b9-6+,24-20?. The molecule has 0 unspecified atom stereocenters. The number of carbonyl (C=O) groups is 2. The molecule has 0 aliphatic carbocycles. The lowest BCUT2D eigenvalue weighted by Gasteiger charge is -2.27. The molecule has 28 heavy (non-hydrogen) atoms. The fourth-order valence-corrected chi connectivity index (χ4v) is 3.03. The number of halogens is 1. The Morgan fingerprint density at radius 1 is 1.04 bits per heavy atom. The SMILES string of the molecule is O=C(N=C(C/C=C/c1ccccc1)C(=O)N1CCOCC1)c1ccccc1Cl. The van der Waals surface area contributed by atoms with E-state index in [0.717, 1.165) is 5.56 Å². The summed E-state index contributed by atoms with van der Waals surface area (Å²) in [5, 5.41) is 0.314.